The molecule has 0 bridgehead atoms. The van der Waals surface area contributed by atoms with Gasteiger partial charge in [0.15, 0.2) is 6.10 Å². The van der Waals surface area contributed by atoms with Crippen LogP contribution in [0.4, 0.5) is 0 Å². The SMILES string of the molecule is CC[C@H](Oc1ccccc1C)C(=O)NC1CCCCCCC1. The molecule has 0 aromatic heterocycles. The van der Waals surface area contributed by atoms with Crippen molar-refractivity contribution in [1.82, 2.24) is 5.32 Å². The molecule has 1 amide bonds. The number of ether oxygens (including phenoxy) is 1. The molecule has 22 heavy (non-hydrogen) atoms. The van der Waals surface area contributed by atoms with E-state index in [-0.39, 0.29) is 5.91 Å². The summed E-state index contributed by atoms with van der Waals surface area (Å²) in [5, 5.41) is 3.21. The second-order valence-corrected chi connectivity index (χ2v) is 6.33. The average molecular weight is 303 g/mol. The van der Waals surface area contributed by atoms with E-state index in [0.29, 0.717) is 12.5 Å². The maximum absolute atomic E-state index is 12.5. The lowest BCUT2D eigenvalue weighted by Gasteiger charge is -2.24. The van der Waals surface area contributed by atoms with E-state index in [1.165, 1.54) is 32.1 Å². The number of benzene rings is 1. The molecule has 2 rings (SSSR count). The number of hydrogen-bond donors (Lipinski definition) is 1. The summed E-state index contributed by atoms with van der Waals surface area (Å²) in [6.45, 7) is 4.01. The fourth-order valence-corrected chi connectivity index (χ4v) is 3.06. The standard InChI is InChI=1S/C19H29NO2/c1-3-17(22-18-14-10-9-11-15(18)2)19(21)20-16-12-7-5-4-6-8-13-16/h9-11,14,16-17H,3-8,12-13H2,1-2H3,(H,20,21)/t17-/m0/s1. The quantitative estimate of drug-likeness (QED) is 0.876. The van der Waals surface area contributed by atoms with Crippen LogP contribution in [0.15, 0.2) is 24.3 Å². The zero-order valence-corrected chi connectivity index (χ0v) is 13.9. The molecule has 0 spiro atoms. The van der Waals surface area contributed by atoms with Gasteiger partial charge in [0.05, 0.1) is 0 Å². The van der Waals surface area contributed by atoms with Gasteiger partial charge < -0.3 is 10.1 Å². The molecule has 1 aliphatic rings. The Kier molecular flexibility index (Phi) is 6.75. The molecule has 0 unspecified atom stereocenters. The molecule has 1 atom stereocenters. The Morgan fingerprint density at radius 3 is 2.45 bits per heavy atom. The molecule has 1 aromatic carbocycles. The number of aryl methyl sites for hydroxylation is 1. The zero-order valence-electron chi connectivity index (χ0n) is 13.9. The van der Waals surface area contributed by atoms with Gasteiger partial charge in [-0.25, -0.2) is 0 Å². The predicted octanol–water partition coefficient (Wildman–Crippen LogP) is 4.38. The first-order chi connectivity index (χ1) is 10.7. The summed E-state index contributed by atoms with van der Waals surface area (Å²) < 4.78 is 5.94. The van der Waals surface area contributed by atoms with Gasteiger partial charge in [-0.1, -0.05) is 57.2 Å². The fraction of sp³-hybridized carbons (Fsp3) is 0.632. The third-order valence-corrected chi connectivity index (χ3v) is 4.48. The second kappa shape index (κ2) is 8.82. The van der Waals surface area contributed by atoms with Crippen LogP contribution in [-0.2, 0) is 4.79 Å². The summed E-state index contributed by atoms with van der Waals surface area (Å²) >= 11 is 0. The van der Waals surface area contributed by atoms with Gasteiger partial charge in [0.2, 0.25) is 0 Å². The highest BCUT2D eigenvalue weighted by Gasteiger charge is 2.22. The molecule has 3 nitrogen and oxygen atoms in total. The van der Waals surface area contributed by atoms with E-state index in [4.69, 9.17) is 4.74 Å². The minimum absolute atomic E-state index is 0.0383. The van der Waals surface area contributed by atoms with Crippen LogP contribution in [0.2, 0.25) is 0 Å². The third-order valence-electron chi connectivity index (χ3n) is 4.48. The van der Waals surface area contributed by atoms with Gasteiger partial charge in [0.1, 0.15) is 5.75 Å². The van der Waals surface area contributed by atoms with Crippen molar-refractivity contribution in [3.05, 3.63) is 29.8 Å². The summed E-state index contributed by atoms with van der Waals surface area (Å²) in [4.78, 5) is 12.5. The largest absolute Gasteiger partial charge is 0.480 e. The molecule has 1 saturated carbocycles. The van der Waals surface area contributed by atoms with E-state index in [1.54, 1.807) is 0 Å². The van der Waals surface area contributed by atoms with Gasteiger partial charge in [-0.2, -0.15) is 0 Å². The second-order valence-electron chi connectivity index (χ2n) is 6.33. The van der Waals surface area contributed by atoms with Crippen LogP contribution < -0.4 is 10.1 Å². The monoisotopic (exact) mass is 303 g/mol. The van der Waals surface area contributed by atoms with Crippen molar-refractivity contribution in [2.45, 2.75) is 77.4 Å². The van der Waals surface area contributed by atoms with E-state index in [1.807, 2.05) is 38.1 Å². The molecule has 0 saturated heterocycles. The Labute approximate surface area is 134 Å². The Morgan fingerprint density at radius 1 is 1.18 bits per heavy atom. The van der Waals surface area contributed by atoms with Crippen molar-refractivity contribution in [3.8, 4) is 5.75 Å². The van der Waals surface area contributed by atoms with E-state index < -0.39 is 6.10 Å². The first-order valence-corrected chi connectivity index (χ1v) is 8.73. The van der Waals surface area contributed by atoms with Crippen molar-refractivity contribution < 1.29 is 9.53 Å². The number of carbonyl (C=O) groups is 1. The highest BCUT2D eigenvalue weighted by Crippen LogP contribution is 2.20. The Hall–Kier alpha value is -1.51. The van der Waals surface area contributed by atoms with Gasteiger partial charge in [0, 0.05) is 6.04 Å². The zero-order chi connectivity index (χ0) is 15.8. The van der Waals surface area contributed by atoms with E-state index in [9.17, 15) is 4.79 Å². The molecule has 0 heterocycles. The van der Waals surface area contributed by atoms with Gasteiger partial charge in [-0.15, -0.1) is 0 Å². The maximum Gasteiger partial charge on any atom is 0.261 e. The normalized spacial score (nSPS) is 18.1. The molecule has 3 heteroatoms. The first kappa shape index (κ1) is 16.9. The lowest BCUT2D eigenvalue weighted by atomic mass is 9.96. The third kappa shape index (κ3) is 5.04. The lowest BCUT2D eigenvalue weighted by Crippen LogP contribution is -2.43. The molecule has 1 aliphatic carbocycles. The van der Waals surface area contributed by atoms with Gasteiger partial charge >= 0.3 is 0 Å². The van der Waals surface area contributed by atoms with Gasteiger partial charge in [0.25, 0.3) is 5.91 Å². The number of rotatable bonds is 5. The van der Waals surface area contributed by atoms with Crippen molar-refractivity contribution in [3.63, 3.8) is 0 Å². The summed E-state index contributed by atoms with van der Waals surface area (Å²) in [7, 11) is 0. The van der Waals surface area contributed by atoms with Crippen molar-refractivity contribution in [2.24, 2.45) is 0 Å². The molecular weight excluding hydrogens is 274 g/mol. The Bertz CT molecular complexity index is 464. The summed E-state index contributed by atoms with van der Waals surface area (Å²) in [6, 6.07) is 8.19. The smallest absolute Gasteiger partial charge is 0.261 e. The highest BCUT2D eigenvalue weighted by atomic mass is 16.5. The van der Waals surface area contributed by atoms with Gasteiger partial charge in [-0.3, -0.25) is 4.79 Å². The highest BCUT2D eigenvalue weighted by molar-refractivity contribution is 5.81. The Morgan fingerprint density at radius 2 is 1.82 bits per heavy atom. The minimum atomic E-state index is -0.397. The average Bonchev–Trinajstić information content (AvgIpc) is 2.49. The maximum atomic E-state index is 12.5. The predicted molar refractivity (Wildman–Crippen MR) is 90.1 cm³/mol. The van der Waals surface area contributed by atoms with Crippen LogP contribution in [0.25, 0.3) is 0 Å². The molecular formula is C19H29NO2. The topological polar surface area (TPSA) is 38.3 Å². The molecule has 122 valence electrons. The van der Waals surface area contributed by atoms with Crippen molar-refractivity contribution in [2.75, 3.05) is 0 Å². The number of amides is 1. The minimum Gasteiger partial charge on any atom is -0.480 e. The van der Waals surface area contributed by atoms with Crippen LogP contribution >= 0.6 is 0 Å². The summed E-state index contributed by atoms with van der Waals surface area (Å²) in [6.07, 6.45) is 8.88. The number of carbonyl (C=O) groups excluding carboxylic acids is 1. The molecule has 1 aromatic rings. The van der Waals surface area contributed by atoms with Crippen molar-refractivity contribution >= 4 is 5.91 Å². The number of para-hydroxylation sites is 1. The molecule has 1 N–H and O–H groups in total. The van der Waals surface area contributed by atoms with Crippen LogP contribution in [0, 0.1) is 6.92 Å². The summed E-state index contributed by atoms with van der Waals surface area (Å²) in [5.41, 5.74) is 1.07. The number of nitrogens with one attached hydrogen (secondary N) is 1. The van der Waals surface area contributed by atoms with Crippen LogP contribution in [0.5, 0.6) is 5.75 Å². The fourth-order valence-electron chi connectivity index (χ4n) is 3.06. The Balaban J connectivity index is 1.92. The van der Waals surface area contributed by atoms with Crippen LogP contribution in [0.1, 0.15) is 63.9 Å². The van der Waals surface area contributed by atoms with Crippen LogP contribution in [-0.4, -0.2) is 18.1 Å². The first-order valence-electron chi connectivity index (χ1n) is 8.73. The molecule has 0 radical (unpaired) electrons. The van der Waals surface area contributed by atoms with E-state index in [2.05, 4.69) is 5.32 Å². The molecule has 1 fully saturated rings. The van der Waals surface area contributed by atoms with Crippen molar-refractivity contribution in [1.29, 1.82) is 0 Å². The van der Waals surface area contributed by atoms with E-state index >= 15 is 0 Å². The molecule has 0 aliphatic heterocycles. The lowest BCUT2D eigenvalue weighted by molar-refractivity contribution is -0.129. The van der Waals surface area contributed by atoms with Crippen LogP contribution in [0.3, 0.4) is 0 Å². The van der Waals surface area contributed by atoms with E-state index in [0.717, 1.165) is 24.2 Å². The number of hydrogen-bond acceptors (Lipinski definition) is 2. The summed E-state index contributed by atoms with van der Waals surface area (Å²) in [5.74, 6) is 0.846. The van der Waals surface area contributed by atoms with Gasteiger partial charge in [-0.05, 0) is 37.8 Å².